The Kier molecular flexibility index (Phi) is 6.18. The summed E-state index contributed by atoms with van der Waals surface area (Å²) in [4.78, 5) is 5.37. The molecule has 1 aromatic carbocycles. The van der Waals surface area contributed by atoms with Crippen molar-refractivity contribution in [2.45, 2.75) is 26.4 Å². The zero-order chi connectivity index (χ0) is 23.1. The molecule has 2 N–H and O–H groups in total. The number of nitrogens with two attached hydrogens (primary N) is 1. The van der Waals surface area contributed by atoms with E-state index in [9.17, 15) is 17.6 Å². The summed E-state index contributed by atoms with van der Waals surface area (Å²) in [5, 5.41) is 0.416. The molecule has 31 heavy (non-hydrogen) atoms. The molecule has 0 unspecified atom stereocenters. The van der Waals surface area contributed by atoms with Crippen LogP contribution in [0.5, 0.6) is 0 Å². The second-order valence-electron chi connectivity index (χ2n) is 7.57. The summed E-state index contributed by atoms with van der Waals surface area (Å²) >= 11 is 6.18. The van der Waals surface area contributed by atoms with Crippen LogP contribution in [0.4, 0.5) is 29.1 Å². The average molecular weight is 452 g/mol. The number of anilines is 2. The highest BCUT2D eigenvalue weighted by molar-refractivity contribution is 6.33. The number of rotatable bonds is 3. The SMILES string of the molecule is C=C1CCN(c2ncc(C(F)(F)F)cc2F)C/C1=C(/C)c1ccc(Cl)c(N)c1C(=C)C. The molecule has 3 nitrogen and oxygen atoms in total. The number of aromatic nitrogens is 1. The lowest BCUT2D eigenvalue weighted by Gasteiger charge is -2.33. The van der Waals surface area contributed by atoms with E-state index in [0.717, 1.165) is 33.4 Å². The van der Waals surface area contributed by atoms with Crippen LogP contribution in [0.25, 0.3) is 11.1 Å². The van der Waals surface area contributed by atoms with Crippen LogP contribution in [0.15, 0.2) is 48.7 Å². The van der Waals surface area contributed by atoms with Crippen molar-refractivity contribution in [3.63, 3.8) is 0 Å². The fourth-order valence-electron chi connectivity index (χ4n) is 3.71. The standard InChI is InChI=1S/C23H22ClF4N3/c1-12(2)20-16(5-6-18(24)21(20)29)14(4)17-11-31(8-7-13(17)3)22-19(25)9-15(10-30-22)23(26,27)28/h5-6,9-10H,1,3,7-8,11,29H2,2,4H3/b17-14+. The largest absolute Gasteiger partial charge is 0.417 e. The van der Waals surface area contributed by atoms with E-state index in [-0.39, 0.29) is 12.4 Å². The molecule has 0 aliphatic carbocycles. The van der Waals surface area contributed by atoms with Gasteiger partial charge in [0, 0.05) is 24.8 Å². The van der Waals surface area contributed by atoms with Gasteiger partial charge in [-0.15, -0.1) is 0 Å². The van der Waals surface area contributed by atoms with Crippen LogP contribution >= 0.6 is 11.6 Å². The summed E-state index contributed by atoms with van der Waals surface area (Å²) in [7, 11) is 0. The van der Waals surface area contributed by atoms with Gasteiger partial charge in [-0.1, -0.05) is 30.8 Å². The number of allylic oxidation sites excluding steroid dienone is 2. The van der Waals surface area contributed by atoms with Gasteiger partial charge in [0.1, 0.15) is 0 Å². The molecule has 1 aliphatic heterocycles. The van der Waals surface area contributed by atoms with Crippen molar-refractivity contribution in [2.24, 2.45) is 0 Å². The number of hydrogen-bond acceptors (Lipinski definition) is 3. The molecular formula is C23H22ClF4N3. The third-order valence-corrected chi connectivity index (χ3v) is 5.71. The zero-order valence-electron chi connectivity index (χ0n) is 17.2. The van der Waals surface area contributed by atoms with Gasteiger partial charge in [0.15, 0.2) is 11.6 Å². The lowest BCUT2D eigenvalue weighted by molar-refractivity contribution is -0.138. The van der Waals surface area contributed by atoms with Crippen LogP contribution in [-0.4, -0.2) is 18.1 Å². The molecular weight excluding hydrogens is 430 g/mol. The highest BCUT2D eigenvalue weighted by atomic mass is 35.5. The van der Waals surface area contributed by atoms with Gasteiger partial charge in [-0.25, -0.2) is 9.37 Å². The van der Waals surface area contributed by atoms with Crippen LogP contribution in [-0.2, 0) is 6.18 Å². The molecule has 0 radical (unpaired) electrons. The predicted molar refractivity (Wildman–Crippen MR) is 118 cm³/mol. The van der Waals surface area contributed by atoms with E-state index in [4.69, 9.17) is 17.3 Å². The van der Waals surface area contributed by atoms with Gasteiger partial charge in [0.05, 0.1) is 16.3 Å². The Morgan fingerprint density at radius 3 is 2.52 bits per heavy atom. The molecule has 8 heteroatoms. The molecule has 0 saturated carbocycles. The summed E-state index contributed by atoms with van der Waals surface area (Å²) in [6.45, 7) is 12.5. The normalized spacial score (nSPS) is 16.5. The summed E-state index contributed by atoms with van der Waals surface area (Å²) in [6.07, 6.45) is -3.49. The zero-order valence-corrected chi connectivity index (χ0v) is 18.0. The summed E-state index contributed by atoms with van der Waals surface area (Å²) < 4.78 is 53.0. The third-order valence-electron chi connectivity index (χ3n) is 5.38. The number of alkyl halides is 3. The van der Waals surface area contributed by atoms with Crippen LogP contribution < -0.4 is 10.6 Å². The Labute approximate surface area is 183 Å². The van der Waals surface area contributed by atoms with Crippen molar-refractivity contribution in [1.82, 2.24) is 4.98 Å². The molecule has 0 spiro atoms. The Morgan fingerprint density at radius 1 is 1.26 bits per heavy atom. The molecule has 2 heterocycles. The maximum atomic E-state index is 14.5. The lowest BCUT2D eigenvalue weighted by Crippen LogP contribution is -2.34. The first-order valence-corrected chi connectivity index (χ1v) is 9.89. The van der Waals surface area contributed by atoms with E-state index < -0.39 is 17.6 Å². The monoisotopic (exact) mass is 451 g/mol. The number of benzene rings is 1. The van der Waals surface area contributed by atoms with Crippen LogP contribution in [0, 0.1) is 5.82 Å². The van der Waals surface area contributed by atoms with Gasteiger partial charge in [-0.05, 0) is 60.3 Å². The van der Waals surface area contributed by atoms with E-state index in [0.29, 0.717) is 35.9 Å². The molecule has 1 aliphatic rings. The van der Waals surface area contributed by atoms with E-state index in [1.54, 1.807) is 11.0 Å². The van der Waals surface area contributed by atoms with E-state index >= 15 is 0 Å². The quantitative estimate of drug-likeness (QED) is 0.414. The van der Waals surface area contributed by atoms with Crippen LogP contribution in [0.3, 0.4) is 0 Å². The van der Waals surface area contributed by atoms with Crippen LogP contribution in [0.1, 0.15) is 37.0 Å². The summed E-state index contributed by atoms with van der Waals surface area (Å²) in [5.74, 6) is -1.14. The number of halogens is 5. The van der Waals surface area contributed by atoms with Gasteiger partial charge in [-0.2, -0.15) is 13.2 Å². The van der Waals surface area contributed by atoms with E-state index in [1.165, 1.54) is 0 Å². The minimum absolute atomic E-state index is 0.124. The summed E-state index contributed by atoms with van der Waals surface area (Å²) in [6, 6.07) is 4.01. The molecule has 1 aromatic heterocycles. The number of pyridine rings is 1. The molecule has 1 saturated heterocycles. The molecule has 1 fully saturated rings. The van der Waals surface area contributed by atoms with E-state index in [2.05, 4.69) is 18.1 Å². The minimum atomic E-state index is -4.66. The number of nitrogen functional groups attached to an aromatic ring is 1. The van der Waals surface area contributed by atoms with Gasteiger partial charge in [0.25, 0.3) is 0 Å². The first kappa shape index (κ1) is 22.9. The lowest BCUT2D eigenvalue weighted by atomic mass is 9.87. The van der Waals surface area contributed by atoms with Crippen molar-refractivity contribution in [3.8, 4) is 0 Å². The second kappa shape index (κ2) is 8.38. The summed E-state index contributed by atoms with van der Waals surface area (Å²) in [5.41, 5.74) is 10.3. The van der Waals surface area contributed by atoms with Gasteiger partial charge in [-0.3, -0.25) is 0 Å². The maximum absolute atomic E-state index is 14.5. The number of piperidine rings is 1. The molecule has 0 amide bonds. The molecule has 3 rings (SSSR count). The van der Waals surface area contributed by atoms with Crippen molar-refractivity contribution >= 4 is 34.3 Å². The highest BCUT2D eigenvalue weighted by Crippen LogP contribution is 2.38. The Balaban J connectivity index is 2.04. The van der Waals surface area contributed by atoms with Crippen molar-refractivity contribution in [1.29, 1.82) is 0 Å². The van der Waals surface area contributed by atoms with Crippen molar-refractivity contribution < 1.29 is 17.6 Å². The number of nitrogens with zero attached hydrogens (tertiary/aromatic N) is 2. The van der Waals surface area contributed by atoms with Gasteiger partial charge in [0.2, 0.25) is 0 Å². The fourth-order valence-corrected chi connectivity index (χ4v) is 3.87. The molecule has 2 aromatic rings. The Hall–Kier alpha value is -2.80. The predicted octanol–water partition coefficient (Wildman–Crippen LogP) is 6.75. The molecule has 0 bridgehead atoms. The smallest absolute Gasteiger partial charge is 0.397 e. The first-order valence-electron chi connectivity index (χ1n) is 9.51. The Morgan fingerprint density at radius 2 is 1.94 bits per heavy atom. The van der Waals surface area contributed by atoms with Crippen molar-refractivity contribution in [2.75, 3.05) is 23.7 Å². The average Bonchev–Trinajstić information content (AvgIpc) is 2.69. The Bertz CT molecular complexity index is 1100. The fraction of sp³-hybridized carbons (Fsp3) is 0.261. The minimum Gasteiger partial charge on any atom is -0.397 e. The second-order valence-corrected chi connectivity index (χ2v) is 7.98. The van der Waals surface area contributed by atoms with E-state index in [1.807, 2.05) is 19.9 Å². The topological polar surface area (TPSA) is 42.2 Å². The maximum Gasteiger partial charge on any atom is 0.417 e. The van der Waals surface area contributed by atoms with Gasteiger partial charge < -0.3 is 10.6 Å². The molecule has 0 atom stereocenters. The van der Waals surface area contributed by atoms with Crippen molar-refractivity contribution in [3.05, 3.63) is 76.2 Å². The number of hydrogen-bond donors (Lipinski definition) is 1. The molecule has 164 valence electrons. The van der Waals surface area contributed by atoms with Crippen LogP contribution in [0.2, 0.25) is 5.02 Å². The highest BCUT2D eigenvalue weighted by Gasteiger charge is 2.33. The third kappa shape index (κ3) is 4.46. The first-order chi connectivity index (χ1) is 14.4. The van der Waals surface area contributed by atoms with Gasteiger partial charge >= 0.3 is 6.18 Å².